The van der Waals surface area contributed by atoms with Crippen molar-refractivity contribution in [1.29, 1.82) is 0 Å². The van der Waals surface area contributed by atoms with Crippen molar-refractivity contribution in [3.8, 4) is 0 Å². The van der Waals surface area contributed by atoms with E-state index in [0.29, 0.717) is 6.42 Å². The van der Waals surface area contributed by atoms with Gasteiger partial charge in [-0.15, -0.1) is 0 Å². The molecule has 2 unspecified atom stereocenters. The van der Waals surface area contributed by atoms with Crippen molar-refractivity contribution in [2.24, 2.45) is 22.7 Å². The van der Waals surface area contributed by atoms with Gasteiger partial charge in [-0.3, -0.25) is 14.4 Å². The number of nitrogens with zero attached hydrogens (tertiary/aromatic N) is 1. The van der Waals surface area contributed by atoms with Gasteiger partial charge in [0.1, 0.15) is 0 Å². The molecule has 2 saturated heterocycles. The smallest absolute Gasteiger partial charge is 0.407 e. The summed E-state index contributed by atoms with van der Waals surface area (Å²) in [7, 11) is 0. The normalized spacial score (nSPS) is 28.0. The topological polar surface area (TPSA) is 110 Å². The fourth-order valence-electron chi connectivity index (χ4n) is 4.85. The van der Waals surface area contributed by atoms with Crippen molar-refractivity contribution in [3.63, 3.8) is 0 Å². The van der Waals surface area contributed by atoms with Crippen LogP contribution in [0.25, 0.3) is 0 Å². The summed E-state index contributed by atoms with van der Waals surface area (Å²) < 4.78 is 10.2. The summed E-state index contributed by atoms with van der Waals surface area (Å²) >= 11 is 0. The van der Waals surface area contributed by atoms with Crippen molar-refractivity contribution in [2.45, 2.75) is 86.0 Å². The lowest BCUT2D eigenvalue weighted by Gasteiger charge is -2.57. The monoisotopic (exact) mass is 425 g/mol. The van der Waals surface area contributed by atoms with Crippen molar-refractivity contribution in [2.75, 3.05) is 6.54 Å². The summed E-state index contributed by atoms with van der Waals surface area (Å²) in [5.74, 6) is -6.02. The number of hydrogen-bond acceptors (Lipinski definition) is 6. The predicted octanol–water partition coefficient (Wildman–Crippen LogP) is 3.62. The van der Waals surface area contributed by atoms with Gasteiger partial charge in [0.15, 0.2) is 5.78 Å². The Hall–Kier alpha value is -2.12. The number of ether oxygens (including phenoxy) is 2. The summed E-state index contributed by atoms with van der Waals surface area (Å²) in [5, 5.41) is 9.94. The first-order valence-corrected chi connectivity index (χ1v) is 10.4. The van der Waals surface area contributed by atoms with Crippen LogP contribution in [0.2, 0.25) is 0 Å². The average Bonchev–Trinajstić information content (AvgIpc) is 2.49. The number of carbonyl (C=O) groups is 4. The van der Waals surface area contributed by atoms with Crippen LogP contribution >= 0.6 is 0 Å². The molecule has 170 valence electrons. The Balaban J connectivity index is 2.43. The van der Waals surface area contributed by atoms with Gasteiger partial charge in [-0.25, -0.2) is 4.79 Å². The third-order valence-corrected chi connectivity index (χ3v) is 6.10. The molecule has 1 amide bonds. The molecule has 0 radical (unpaired) electrons. The van der Waals surface area contributed by atoms with Gasteiger partial charge in [-0.1, -0.05) is 41.5 Å². The van der Waals surface area contributed by atoms with Crippen LogP contribution < -0.4 is 0 Å². The minimum Gasteiger partial charge on any atom is -0.465 e. The van der Waals surface area contributed by atoms with Gasteiger partial charge in [0.2, 0.25) is 5.92 Å². The Morgan fingerprint density at radius 1 is 1.07 bits per heavy atom. The summed E-state index contributed by atoms with van der Waals surface area (Å²) in [5.41, 5.74) is -1.52. The van der Waals surface area contributed by atoms with Gasteiger partial charge in [0.05, 0.1) is 5.54 Å². The van der Waals surface area contributed by atoms with E-state index in [1.54, 1.807) is 0 Å². The molecule has 0 saturated carbocycles. The molecule has 2 aliphatic heterocycles. The van der Waals surface area contributed by atoms with E-state index < -0.39 is 52.4 Å². The van der Waals surface area contributed by atoms with E-state index in [4.69, 9.17) is 9.47 Å². The Labute approximate surface area is 178 Å². The molecule has 2 heterocycles. The number of cyclic esters (lactones) is 2. The van der Waals surface area contributed by atoms with Crippen molar-refractivity contribution in [3.05, 3.63) is 0 Å². The fourth-order valence-corrected chi connectivity index (χ4v) is 4.85. The highest BCUT2D eigenvalue weighted by Crippen LogP contribution is 2.51. The molecule has 1 N–H and O–H groups in total. The number of amides is 1. The fraction of sp³-hybridized carbons (Fsp3) is 0.818. The molecular weight excluding hydrogens is 390 g/mol. The Morgan fingerprint density at radius 2 is 1.57 bits per heavy atom. The van der Waals surface area contributed by atoms with Crippen molar-refractivity contribution < 1.29 is 33.8 Å². The second-order valence-electron chi connectivity index (χ2n) is 11.2. The lowest BCUT2D eigenvalue weighted by Crippen LogP contribution is -2.65. The molecule has 8 heteroatoms. The van der Waals surface area contributed by atoms with E-state index >= 15 is 0 Å². The van der Waals surface area contributed by atoms with E-state index in [1.165, 1.54) is 18.7 Å². The number of ketones is 1. The number of piperidine rings is 1. The van der Waals surface area contributed by atoms with E-state index in [-0.39, 0.29) is 24.8 Å². The first kappa shape index (κ1) is 24.2. The van der Waals surface area contributed by atoms with Gasteiger partial charge in [0, 0.05) is 26.3 Å². The lowest BCUT2D eigenvalue weighted by atomic mass is 9.59. The number of esters is 2. The summed E-state index contributed by atoms with van der Waals surface area (Å²) in [6.45, 7) is 15.0. The highest BCUT2D eigenvalue weighted by molar-refractivity contribution is 6.16. The largest absolute Gasteiger partial charge is 0.465 e. The molecule has 0 bridgehead atoms. The summed E-state index contributed by atoms with van der Waals surface area (Å²) in [6, 6.07) is 0. The standard InChI is InChI=1S/C22H35NO7/c1-19(2,3)12-22(20(4,5)6)11-13(9-10-23(22)18(27)28)15(24)14-16(25)29-21(7,8)30-17(14)26/h13-14H,9-12H2,1-8H3,(H,27,28). The molecule has 2 aliphatic rings. The van der Waals surface area contributed by atoms with Crippen LogP contribution in [0.5, 0.6) is 0 Å². The maximum absolute atomic E-state index is 13.3. The molecule has 0 aromatic rings. The van der Waals surface area contributed by atoms with Crippen LogP contribution in [0.1, 0.15) is 74.7 Å². The Kier molecular flexibility index (Phi) is 6.07. The predicted molar refractivity (Wildman–Crippen MR) is 108 cm³/mol. The quantitative estimate of drug-likeness (QED) is 0.543. The Morgan fingerprint density at radius 3 is 1.97 bits per heavy atom. The molecule has 2 fully saturated rings. The maximum atomic E-state index is 13.3. The van der Waals surface area contributed by atoms with Crippen LogP contribution in [-0.2, 0) is 23.9 Å². The van der Waals surface area contributed by atoms with E-state index in [1.807, 2.05) is 41.5 Å². The van der Waals surface area contributed by atoms with Gasteiger partial charge in [-0.2, -0.15) is 0 Å². The molecule has 2 rings (SSSR count). The highest BCUT2D eigenvalue weighted by Gasteiger charge is 2.57. The minimum atomic E-state index is -1.62. The minimum absolute atomic E-state index is 0.154. The lowest BCUT2D eigenvalue weighted by molar-refractivity contribution is -0.239. The van der Waals surface area contributed by atoms with Crippen LogP contribution in [0.4, 0.5) is 4.79 Å². The zero-order chi connectivity index (χ0) is 23.3. The molecule has 0 aromatic carbocycles. The zero-order valence-corrected chi connectivity index (χ0v) is 19.3. The summed E-state index contributed by atoms with van der Waals surface area (Å²) in [4.78, 5) is 51.7. The van der Waals surface area contributed by atoms with Gasteiger partial charge in [-0.05, 0) is 30.1 Å². The SMILES string of the molecule is CC(C)(C)CC1(C(C)(C)C)CC(C(=O)C2C(=O)OC(C)(C)OC2=O)CCN1C(=O)O. The van der Waals surface area contributed by atoms with Gasteiger partial charge < -0.3 is 19.5 Å². The first-order valence-electron chi connectivity index (χ1n) is 10.4. The van der Waals surface area contributed by atoms with E-state index in [0.717, 1.165) is 0 Å². The molecule has 2 atom stereocenters. The van der Waals surface area contributed by atoms with Crippen LogP contribution in [-0.4, -0.2) is 51.7 Å². The van der Waals surface area contributed by atoms with Crippen LogP contribution in [0.15, 0.2) is 0 Å². The van der Waals surface area contributed by atoms with Crippen LogP contribution in [0, 0.1) is 22.7 Å². The molecule has 0 spiro atoms. The Bertz CT molecular complexity index is 724. The second kappa shape index (κ2) is 7.54. The summed E-state index contributed by atoms with van der Waals surface area (Å²) in [6.07, 6.45) is -0.0164. The van der Waals surface area contributed by atoms with E-state index in [2.05, 4.69) is 0 Å². The third-order valence-electron chi connectivity index (χ3n) is 6.10. The van der Waals surface area contributed by atoms with Gasteiger partial charge >= 0.3 is 18.0 Å². The highest BCUT2D eigenvalue weighted by atomic mass is 16.7. The van der Waals surface area contributed by atoms with E-state index in [9.17, 15) is 24.3 Å². The number of rotatable bonds is 3. The third kappa shape index (κ3) is 4.62. The zero-order valence-electron chi connectivity index (χ0n) is 19.3. The number of carboxylic acid groups (broad SMARTS) is 1. The number of likely N-dealkylation sites (tertiary alicyclic amines) is 1. The van der Waals surface area contributed by atoms with Gasteiger partial charge in [0.25, 0.3) is 5.79 Å². The number of Topliss-reactive ketones (excluding diaryl/α,β-unsaturated/α-hetero) is 1. The maximum Gasteiger partial charge on any atom is 0.407 e. The molecular formula is C22H35NO7. The van der Waals surface area contributed by atoms with Crippen molar-refractivity contribution >= 4 is 23.8 Å². The molecule has 30 heavy (non-hydrogen) atoms. The average molecular weight is 426 g/mol. The van der Waals surface area contributed by atoms with Crippen molar-refractivity contribution in [1.82, 2.24) is 4.90 Å². The second-order valence-corrected chi connectivity index (χ2v) is 11.2. The molecule has 0 aromatic heterocycles. The first-order chi connectivity index (χ1) is 13.4. The number of hydrogen-bond donors (Lipinski definition) is 1. The number of carbonyl (C=O) groups excluding carboxylic acids is 3. The molecule has 0 aliphatic carbocycles. The molecule has 8 nitrogen and oxygen atoms in total. The van der Waals surface area contributed by atoms with Crippen LogP contribution in [0.3, 0.4) is 0 Å².